The van der Waals surface area contributed by atoms with E-state index in [9.17, 15) is 21.6 Å². The van der Waals surface area contributed by atoms with E-state index in [1.807, 2.05) is 0 Å². The summed E-state index contributed by atoms with van der Waals surface area (Å²) in [6, 6.07) is 3.62. The van der Waals surface area contributed by atoms with Crippen LogP contribution in [0.3, 0.4) is 0 Å². The Kier molecular flexibility index (Phi) is 6.94. The third-order valence-corrected chi connectivity index (χ3v) is 4.01. The third kappa shape index (κ3) is 5.57. The van der Waals surface area contributed by atoms with Gasteiger partial charge in [0.2, 0.25) is 0 Å². The van der Waals surface area contributed by atoms with Gasteiger partial charge in [-0.05, 0) is 24.6 Å². The van der Waals surface area contributed by atoms with E-state index in [0.29, 0.717) is 0 Å². The fraction of sp³-hybridized carbons (Fsp3) is 0.308. The van der Waals surface area contributed by atoms with Crippen molar-refractivity contribution in [1.29, 1.82) is 0 Å². The third-order valence-electron chi connectivity index (χ3n) is 2.57. The maximum absolute atomic E-state index is 12.5. The molecule has 0 unspecified atom stereocenters. The lowest BCUT2D eigenvalue weighted by molar-refractivity contribution is -0.0429. The Labute approximate surface area is 147 Å². The number of rotatable bonds is 7. The first-order valence-electron chi connectivity index (χ1n) is 6.39. The summed E-state index contributed by atoms with van der Waals surface area (Å²) in [6.45, 7) is 4.93. The van der Waals surface area contributed by atoms with E-state index in [2.05, 4.69) is 11.7 Å². The van der Waals surface area contributed by atoms with Crippen LogP contribution in [0.1, 0.15) is 18.9 Å². The van der Waals surface area contributed by atoms with Crippen molar-refractivity contribution >= 4 is 44.6 Å². The lowest BCUT2D eigenvalue weighted by atomic mass is 10.1. The molecule has 0 amide bonds. The Morgan fingerprint density at radius 1 is 1.42 bits per heavy atom. The smallest absolute Gasteiger partial charge is 0.390 e. The first-order chi connectivity index (χ1) is 11.0. The summed E-state index contributed by atoms with van der Waals surface area (Å²) in [5, 5.41) is 4.09. The molecular formula is C13H13Cl2F3N2O3S. The lowest BCUT2D eigenvalue weighted by Crippen LogP contribution is -2.30. The number of alkyl halides is 3. The minimum Gasteiger partial charge on any atom is -0.390 e. The van der Waals surface area contributed by atoms with Crippen LogP contribution in [0.4, 0.5) is 18.9 Å². The molecule has 0 fully saturated rings. The predicted octanol–water partition coefficient (Wildman–Crippen LogP) is 4.48. The van der Waals surface area contributed by atoms with Gasteiger partial charge in [0.1, 0.15) is 0 Å². The van der Waals surface area contributed by atoms with E-state index >= 15 is 0 Å². The average Bonchev–Trinajstić information content (AvgIpc) is 2.44. The molecule has 0 aliphatic rings. The molecule has 0 atom stereocenters. The fourth-order valence-electron chi connectivity index (χ4n) is 1.53. The van der Waals surface area contributed by atoms with Crippen LogP contribution >= 0.6 is 23.2 Å². The minimum absolute atomic E-state index is 0.0537. The zero-order chi connectivity index (χ0) is 18.5. The standard InChI is InChI=1S/C13H13Cl2F3N2O3S/c1-3-11(19-23-7-8(2)14)10-6-9(15)4-5-12(10)20-24(21,22)13(16,17)18/h4-6,20H,2-3,7H2,1H3/b19-11+. The van der Waals surface area contributed by atoms with Crippen molar-refractivity contribution in [3.8, 4) is 0 Å². The van der Waals surface area contributed by atoms with Crippen LogP contribution in [-0.2, 0) is 14.9 Å². The molecule has 0 saturated carbocycles. The maximum atomic E-state index is 12.5. The molecule has 0 aliphatic carbocycles. The van der Waals surface area contributed by atoms with E-state index in [-0.39, 0.29) is 40.0 Å². The van der Waals surface area contributed by atoms with Crippen LogP contribution < -0.4 is 4.72 Å². The van der Waals surface area contributed by atoms with Gasteiger partial charge in [-0.15, -0.1) is 0 Å². The first kappa shape index (κ1) is 20.6. The molecule has 0 spiro atoms. The lowest BCUT2D eigenvalue weighted by Gasteiger charge is -2.15. The number of sulfonamides is 1. The Bertz CT molecular complexity index is 749. The van der Waals surface area contributed by atoms with Gasteiger partial charge < -0.3 is 4.84 Å². The van der Waals surface area contributed by atoms with Crippen LogP contribution in [0.25, 0.3) is 0 Å². The quantitative estimate of drug-likeness (QED) is 0.537. The molecule has 5 nitrogen and oxygen atoms in total. The van der Waals surface area contributed by atoms with Crippen molar-refractivity contribution < 1.29 is 26.4 Å². The Morgan fingerprint density at radius 3 is 2.54 bits per heavy atom. The Hall–Kier alpha value is -1.45. The highest BCUT2D eigenvalue weighted by Gasteiger charge is 2.46. The number of oxime groups is 1. The molecule has 1 N–H and O–H groups in total. The van der Waals surface area contributed by atoms with Gasteiger partial charge in [0.25, 0.3) is 0 Å². The largest absolute Gasteiger partial charge is 0.516 e. The molecule has 0 aromatic heterocycles. The number of anilines is 1. The van der Waals surface area contributed by atoms with Gasteiger partial charge in [-0.1, -0.05) is 41.9 Å². The second kappa shape index (κ2) is 8.09. The van der Waals surface area contributed by atoms with Gasteiger partial charge in [0.05, 0.1) is 16.4 Å². The molecule has 1 rings (SSSR count). The van der Waals surface area contributed by atoms with E-state index < -0.39 is 15.5 Å². The maximum Gasteiger partial charge on any atom is 0.516 e. The summed E-state index contributed by atoms with van der Waals surface area (Å²) in [5.41, 5.74) is -5.56. The van der Waals surface area contributed by atoms with Crippen molar-refractivity contribution in [3.05, 3.63) is 40.4 Å². The van der Waals surface area contributed by atoms with Crippen LogP contribution in [0, 0.1) is 0 Å². The van der Waals surface area contributed by atoms with E-state index in [1.165, 1.54) is 16.9 Å². The SMILES string of the molecule is C=C(Cl)CO/N=C(\CC)c1cc(Cl)ccc1NS(=O)(=O)C(F)(F)F. The molecule has 0 radical (unpaired) electrons. The number of benzene rings is 1. The number of hydrogen-bond donors (Lipinski definition) is 1. The van der Waals surface area contributed by atoms with Crippen LogP contribution in [-0.4, -0.2) is 26.2 Å². The summed E-state index contributed by atoms with van der Waals surface area (Å²) >= 11 is 11.4. The highest BCUT2D eigenvalue weighted by Crippen LogP contribution is 2.29. The van der Waals surface area contributed by atoms with E-state index in [1.54, 1.807) is 6.92 Å². The highest BCUT2D eigenvalue weighted by atomic mass is 35.5. The number of nitrogens with zero attached hydrogens (tertiary/aromatic N) is 1. The monoisotopic (exact) mass is 404 g/mol. The molecule has 24 heavy (non-hydrogen) atoms. The average molecular weight is 405 g/mol. The van der Waals surface area contributed by atoms with Crippen molar-refractivity contribution in [3.63, 3.8) is 0 Å². The van der Waals surface area contributed by atoms with Gasteiger partial charge in [-0.2, -0.15) is 21.6 Å². The highest BCUT2D eigenvalue weighted by molar-refractivity contribution is 7.93. The molecule has 0 aliphatic heterocycles. The predicted molar refractivity (Wildman–Crippen MR) is 87.8 cm³/mol. The van der Waals surface area contributed by atoms with Gasteiger partial charge in [0.15, 0.2) is 6.61 Å². The van der Waals surface area contributed by atoms with Crippen LogP contribution in [0.5, 0.6) is 0 Å². The van der Waals surface area contributed by atoms with Gasteiger partial charge in [0, 0.05) is 10.6 Å². The Balaban J connectivity index is 3.27. The zero-order valence-electron chi connectivity index (χ0n) is 12.3. The normalized spacial score (nSPS) is 12.8. The molecular weight excluding hydrogens is 392 g/mol. The summed E-state index contributed by atoms with van der Waals surface area (Å²) in [4.78, 5) is 4.91. The van der Waals surface area contributed by atoms with E-state index in [4.69, 9.17) is 28.0 Å². The first-order valence-corrected chi connectivity index (χ1v) is 8.63. The van der Waals surface area contributed by atoms with Gasteiger partial charge in [-0.3, -0.25) is 4.72 Å². The summed E-state index contributed by atoms with van der Waals surface area (Å²) < 4.78 is 61.7. The summed E-state index contributed by atoms with van der Waals surface area (Å²) in [6.07, 6.45) is 0.232. The molecule has 1 aromatic rings. The minimum atomic E-state index is -5.59. The fourth-order valence-corrected chi connectivity index (χ4v) is 2.34. The summed E-state index contributed by atoms with van der Waals surface area (Å²) in [7, 11) is -5.59. The van der Waals surface area contributed by atoms with Crippen molar-refractivity contribution in [2.45, 2.75) is 18.9 Å². The number of nitrogens with one attached hydrogen (secondary N) is 1. The van der Waals surface area contributed by atoms with Crippen LogP contribution in [0.15, 0.2) is 35.0 Å². The zero-order valence-corrected chi connectivity index (χ0v) is 14.7. The number of hydrogen-bond acceptors (Lipinski definition) is 4. The van der Waals surface area contributed by atoms with E-state index in [0.717, 1.165) is 6.07 Å². The molecule has 0 bridgehead atoms. The van der Waals surface area contributed by atoms with Gasteiger partial charge in [-0.25, -0.2) is 0 Å². The van der Waals surface area contributed by atoms with Crippen LogP contribution in [0.2, 0.25) is 5.02 Å². The van der Waals surface area contributed by atoms with Crippen molar-refractivity contribution in [2.75, 3.05) is 11.3 Å². The molecule has 11 heteroatoms. The van der Waals surface area contributed by atoms with Crippen molar-refractivity contribution in [2.24, 2.45) is 5.16 Å². The summed E-state index contributed by atoms with van der Waals surface area (Å²) in [5.74, 6) is 0. The second-order valence-electron chi connectivity index (χ2n) is 4.42. The number of halogens is 5. The Morgan fingerprint density at radius 2 is 2.04 bits per heavy atom. The molecule has 0 heterocycles. The second-order valence-corrected chi connectivity index (χ2v) is 7.07. The molecule has 0 saturated heterocycles. The molecule has 134 valence electrons. The van der Waals surface area contributed by atoms with Crippen molar-refractivity contribution in [1.82, 2.24) is 0 Å². The topological polar surface area (TPSA) is 67.8 Å². The van der Waals surface area contributed by atoms with Gasteiger partial charge >= 0.3 is 15.5 Å². The molecule has 1 aromatic carbocycles.